The van der Waals surface area contributed by atoms with Gasteiger partial charge in [-0.1, -0.05) is 23.2 Å². The second-order valence-electron chi connectivity index (χ2n) is 2.95. The summed E-state index contributed by atoms with van der Waals surface area (Å²) in [5.74, 6) is 0. The third kappa shape index (κ3) is 1.68. The van der Waals surface area contributed by atoms with Crippen molar-refractivity contribution in [1.82, 2.24) is 15.2 Å². The molecule has 15 heavy (non-hydrogen) atoms. The summed E-state index contributed by atoms with van der Waals surface area (Å²) in [5, 5.41) is 6.64. The number of halogens is 2. The molecule has 2 aromatic rings. The number of H-pyrrole nitrogens is 1. The third-order valence-corrected chi connectivity index (χ3v) is 3.66. The van der Waals surface area contributed by atoms with Crippen molar-refractivity contribution in [2.24, 2.45) is 0 Å². The summed E-state index contributed by atoms with van der Waals surface area (Å²) in [6, 6.07) is 0. The van der Waals surface area contributed by atoms with E-state index < -0.39 is 9.84 Å². The zero-order valence-electron chi connectivity index (χ0n) is 7.45. The van der Waals surface area contributed by atoms with Gasteiger partial charge in [-0.3, -0.25) is 5.10 Å². The normalized spacial score (nSPS) is 12.2. The minimum Gasteiger partial charge on any atom is -0.276 e. The van der Waals surface area contributed by atoms with E-state index in [1.165, 1.54) is 6.20 Å². The highest BCUT2D eigenvalue weighted by atomic mass is 35.5. The molecule has 80 valence electrons. The van der Waals surface area contributed by atoms with Crippen LogP contribution in [0.5, 0.6) is 0 Å². The monoisotopic (exact) mass is 265 g/mol. The summed E-state index contributed by atoms with van der Waals surface area (Å²) in [7, 11) is -3.47. The molecule has 5 nitrogen and oxygen atoms in total. The van der Waals surface area contributed by atoms with Gasteiger partial charge in [0.15, 0.2) is 15.0 Å². The second kappa shape index (κ2) is 3.33. The fourth-order valence-corrected chi connectivity index (χ4v) is 3.00. The van der Waals surface area contributed by atoms with E-state index in [4.69, 9.17) is 23.2 Å². The van der Waals surface area contributed by atoms with Crippen molar-refractivity contribution in [2.45, 2.75) is 4.90 Å². The van der Waals surface area contributed by atoms with Gasteiger partial charge in [0.1, 0.15) is 10.0 Å². The van der Waals surface area contributed by atoms with Crippen LogP contribution >= 0.6 is 23.2 Å². The average molecular weight is 266 g/mol. The Labute approximate surface area is 95.3 Å². The van der Waals surface area contributed by atoms with Crippen LogP contribution in [0.1, 0.15) is 0 Å². The highest BCUT2D eigenvalue weighted by Crippen LogP contribution is 2.30. The lowest BCUT2D eigenvalue weighted by atomic mass is 10.3. The summed E-state index contributed by atoms with van der Waals surface area (Å²) in [6.07, 6.45) is 2.44. The highest BCUT2D eigenvalue weighted by molar-refractivity contribution is 7.91. The predicted octanol–water partition coefficient (Wildman–Crippen LogP) is 1.67. The maximum atomic E-state index is 11.5. The molecule has 0 bridgehead atoms. The van der Waals surface area contributed by atoms with Crippen LogP contribution in [0.3, 0.4) is 0 Å². The topological polar surface area (TPSA) is 75.7 Å². The number of aromatic nitrogens is 3. The van der Waals surface area contributed by atoms with Crippen molar-refractivity contribution in [3.8, 4) is 0 Å². The number of rotatable bonds is 1. The molecular formula is C7H5Cl2N3O2S. The number of fused-ring (bicyclic) bond motifs is 1. The molecule has 0 aromatic carbocycles. The van der Waals surface area contributed by atoms with Gasteiger partial charge in [-0.05, 0) is 0 Å². The van der Waals surface area contributed by atoms with Gasteiger partial charge in [0.05, 0.1) is 17.1 Å². The molecule has 0 radical (unpaired) electrons. The Hall–Kier alpha value is -0.850. The number of nitrogens with one attached hydrogen (secondary N) is 1. The summed E-state index contributed by atoms with van der Waals surface area (Å²) < 4.78 is 22.9. The van der Waals surface area contributed by atoms with Crippen LogP contribution in [0.4, 0.5) is 0 Å². The van der Waals surface area contributed by atoms with E-state index in [2.05, 4.69) is 15.2 Å². The summed E-state index contributed by atoms with van der Waals surface area (Å²) >= 11 is 11.5. The zero-order chi connectivity index (χ0) is 11.2. The lowest BCUT2D eigenvalue weighted by Crippen LogP contribution is -2.01. The molecule has 2 heterocycles. The molecule has 0 amide bonds. The molecule has 8 heteroatoms. The maximum absolute atomic E-state index is 11.5. The molecular weight excluding hydrogens is 261 g/mol. The minimum atomic E-state index is -3.47. The lowest BCUT2D eigenvalue weighted by molar-refractivity contribution is 0.602. The second-order valence-corrected chi connectivity index (χ2v) is 5.62. The van der Waals surface area contributed by atoms with Crippen LogP contribution in [0.15, 0.2) is 11.1 Å². The predicted molar refractivity (Wildman–Crippen MR) is 57.0 cm³/mol. The van der Waals surface area contributed by atoms with Crippen molar-refractivity contribution >= 4 is 43.9 Å². The Morgan fingerprint density at radius 1 is 1.33 bits per heavy atom. The van der Waals surface area contributed by atoms with Crippen LogP contribution in [-0.4, -0.2) is 29.9 Å². The molecule has 0 aliphatic carbocycles. The van der Waals surface area contributed by atoms with E-state index in [0.29, 0.717) is 5.39 Å². The third-order valence-electron chi connectivity index (χ3n) is 1.84. The van der Waals surface area contributed by atoms with Gasteiger partial charge in [0.2, 0.25) is 0 Å². The molecule has 0 spiro atoms. The molecule has 2 aromatic heterocycles. The maximum Gasteiger partial charge on any atom is 0.180 e. The van der Waals surface area contributed by atoms with E-state index in [1.54, 1.807) is 0 Å². The first-order chi connectivity index (χ1) is 6.91. The Morgan fingerprint density at radius 3 is 2.60 bits per heavy atom. The first kappa shape index (κ1) is 10.7. The van der Waals surface area contributed by atoms with E-state index in [1.807, 2.05) is 0 Å². The minimum absolute atomic E-state index is 0.0823. The van der Waals surface area contributed by atoms with Crippen molar-refractivity contribution in [3.63, 3.8) is 0 Å². The number of hydrogen-bond acceptors (Lipinski definition) is 4. The molecule has 1 N–H and O–H groups in total. The Balaban J connectivity index is 3.02. The van der Waals surface area contributed by atoms with Gasteiger partial charge >= 0.3 is 0 Å². The fraction of sp³-hybridized carbons (Fsp3) is 0.143. The molecule has 0 saturated heterocycles. The van der Waals surface area contributed by atoms with Gasteiger partial charge in [-0.25, -0.2) is 13.4 Å². The van der Waals surface area contributed by atoms with E-state index in [0.717, 1.165) is 6.26 Å². The van der Waals surface area contributed by atoms with Crippen molar-refractivity contribution < 1.29 is 8.42 Å². The number of aromatic amines is 1. The number of sulfone groups is 1. The Kier molecular flexibility index (Phi) is 2.37. The Morgan fingerprint density at radius 2 is 2.00 bits per heavy atom. The number of hydrogen-bond donors (Lipinski definition) is 1. The van der Waals surface area contributed by atoms with Crippen LogP contribution in [0.25, 0.3) is 10.9 Å². The first-order valence-electron chi connectivity index (χ1n) is 3.79. The van der Waals surface area contributed by atoms with Crippen LogP contribution < -0.4 is 0 Å². The summed E-state index contributed by atoms with van der Waals surface area (Å²) in [4.78, 5) is 3.65. The SMILES string of the molecule is CS(=O)(=O)c1c(Cl)nc(Cl)c2cn[nH]c12. The molecule has 0 atom stereocenters. The lowest BCUT2D eigenvalue weighted by Gasteiger charge is -2.03. The van der Waals surface area contributed by atoms with Gasteiger partial charge < -0.3 is 0 Å². The summed E-state index contributed by atoms with van der Waals surface area (Å²) in [6.45, 7) is 0. The molecule has 0 fully saturated rings. The zero-order valence-corrected chi connectivity index (χ0v) is 9.78. The van der Waals surface area contributed by atoms with E-state index in [9.17, 15) is 8.42 Å². The largest absolute Gasteiger partial charge is 0.276 e. The van der Waals surface area contributed by atoms with Crippen LogP contribution in [0.2, 0.25) is 10.3 Å². The Bertz CT molecular complexity index is 635. The van der Waals surface area contributed by atoms with E-state index in [-0.39, 0.29) is 20.7 Å². The van der Waals surface area contributed by atoms with Crippen LogP contribution in [0, 0.1) is 0 Å². The van der Waals surface area contributed by atoms with Gasteiger partial charge in [0, 0.05) is 6.26 Å². The van der Waals surface area contributed by atoms with E-state index >= 15 is 0 Å². The van der Waals surface area contributed by atoms with Crippen molar-refractivity contribution in [3.05, 3.63) is 16.5 Å². The fourth-order valence-electron chi connectivity index (χ4n) is 1.25. The highest BCUT2D eigenvalue weighted by Gasteiger charge is 2.21. The molecule has 0 unspecified atom stereocenters. The number of pyridine rings is 1. The number of nitrogens with zero attached hydrogens (tertiary/aromatic N) is 2. The molecule has 2 rings (SSSR count). The smallest absolute Gasteiger partial charge is 0.180 e. The first-order valence-corrected chi connectivity index (χ1v) is 6.44. The standard InChI is InChI=1S/C7H5Cl2N3O2S/c1-15(13,14)5-4-3(2-10-12-4)6(8)11-7(5)9/h2H,1H3,(H,10,12). The average Bonchev–Trinajstić information content (AvgIpc) is 2.49. The molecule has 0 aliphatic rings. The van der Waals surface area contributed by atoms with Gasteiger partial charge in [-0.15, -0.1) is 0 Å². The summed E-state index contributed by atoms with van der Waals surface area (Å²) in [5.41, 5.74) is 0.280. The van der Waals surface area contributed by atoms with Gasteiger partial charge in [0.25, 0.3) is 0 Å². The van der Waals surface area contributed by atoms with Crippen molar-refractivity contribution in [1.29, 1.82) is 0 Å². The molecule has 0 aliphatic heterocycles. The van der Waals surface area contributed by atoms with Gasteiger partial charge in [-0.2, -0.15) is 5.10 Å². The van der Waals surface area contributed by atoms with Crippen molar-refractivity contribution in [2.75, 3.05) is 6.26 Å². The van der Waals surface area contributed by atoms with Crippen LogP contribution in [-0.2, 0) is 9.84 Å². The molecule has 0 saturated carbocycles. The quantitative estimate of drug-likeness (QED) is 0.796.